The number of benzene rings is 1. The molecule has 0 aliphatic carbocycles. The summed E-state index contributed by atoms with van der Waals surface area (Å²) in [5.74, 6) is -0.486. The first-order valence-corrected chi connectivity index (χ1v) is 3.96. The predicted molar refractivity (Wildman–Crippen MR) is 58.2 cm³/mol. The summed E-state index contributed by atoms with van der Waals surface area (Å²) in [7, 11) is 0. The Hall–Kier alpha value is -1.00. The Morgan fingerprint density at radius 3 is 2.57 bits per heavy atom. The van der Waals surface area contributed by atoms with Gasteiger partial charge in [0.1, 0.15) is 5.82 Å². The normalized spacial score (nSPS) is 9.00. The maximum absolute atomic E-state index is 12.9. The summed E-state index contributed by atoms with van der Waals surface area (Å²) in [6.07, 6.45) is 0. The van der Waals surface area contributed by atoms with Crippen LogP contribution in [0, 0.1) is 5.82 Å². The number of nitrogens with two attached hydrogens (primary N) is 2. The van der Waals surface area contributed by atoms with Gasteiger partial charge in [-0.15, -0.1) is 12.4 Å². The van der Waals surface area contributed by atoms with Gasteiger partial charge in [-0.2, -0.15) is 0 Å². The van der Waals surface area contributed by atoms with Crippen LogP contribution in [-0.4, -0.2) is 5.96 Å². The van der Waals surface area contributed by atoms with Crippen molar-refractivity contribution >= 4 is 30.0 Å². The van der Waals surface area contributed by atoms with Crippen molar-refractivity contribution in [3.8, 4) is 0 Å². The zero-order valence-electron chi connectivity index (χ0n) is 7.21. The summed E-state index contributed by atoms with van der Waals surface area (Å²) in [5, 5.41) is 0.0912. The molecule has 0 spiro atoms. The van der Waals surface area contributed by atoms with Crippen LogP contribution in [0.2, 0.25) is 5.02 Å². The molecule has 0 saturated carbocycles. The molecule has 3 nitrogen and oxygen atoms in total. The molecule has 4 N–H and O–H groups in total. The fraction of sp³-hybridized carbons (Fsp3) is 0.125. The first kappa shape index (κ1) is 13.0. The molecule has 0 bridgehead atoms. The molecule has 78 valence electrons. The van der Waals surface area contributed by atoms with Gasteiger partial charge >= 0.3 is 0 Å². The molecule has 0 amide bonds. The van der Waals surface area contributed by atoms with Crippen molar-refractivity contribution in [3.05, 3.63) is 34.6 Å². The predicted octanol–water partition coefficient (Wildman–Crippen LogP) is 1.67. The van der Waals surface area contributed by atoms with Crippen molar-refractivity contribution in [1.82, 2.24) is 0 Å². The van der Waals surface area contributed by atoms with Gasteiger partial charge in [0.2, 0.25) is 0 Å². The maximum Gasteiger partial charge on any atom is 0.186 e. The molecule has 0 fully saturated rings. The van der Waals surface area contributed by atoms with Gasteiger partial charge in [-0.3, -0.25) is 0 Å². The molecule has 0 saturated heterocycles. The Balaban J connectivity index is 0.00000169. The van der Waals surface area contributed by atoms with Crippen LogP contribution in [0.25, 0.3) is 0 Å². The van der Waals surface area contributed by atoms with E-state index in [9.17, 15) is 4.39 Å². The molecule has 0 aliphatic rings. The number of hydrogen-bond acceptors (Lipinski definition) is 1. The number of nitrogens with zero attached hydrogens (tertiary/aromatic N) is 1. The SMILES string of the molecule is Cl.NC(N)=NCc1ccc(Cl)c(F)c1. The Kier molecular flexibility index (Phi) is 5.27. The lowest BCUT2D eigenvalue weighted by Gasteiger charge is -1.98. The summed E-state index contributed by atoms with van der Waals surface area (Å²) in [4.78, 5) is 3.73. The minimum Gasteiger partial charge on any atom is -0.370 e. The largest absolute Gasteiger partial charge is 0.370 e. The van der Waals surface area contributed by atoms with Crippen LogP contribution in [0.15, 0.2) is 23.2 Å². The van der Waals surface area contributed by atoms with E-state index in [2.05, 4.69) is 4.99 Å². The molecule has 6 heteroatoms. The van der Waals surface area contributed by atoms with Crippen LogP contribution in [0.4, 0.5) is 4.39 Å². The van der Waals surface area contributed by atoms with Gasteiger partial charge in [-0.05, 0) is 17.7 Å². The van der Waals surface area contributed by atoms with Crippen molar-refractivity contribution in [3.63, 3.8) is 0 Å². The van der Waals surface area contributed by atoms with Crippen LogP contribution in [0.1, 0.15) is 5.56 Å². The van der Waals surface area contributed by atoms with Crippen LogP contribution in [0.5, 0.6) is 0 Å². The number of aliphatic imine (C=N–C) groups is 1. The second-order valence-corrected chi connectivity index (χ2v) is 2.90. The van der Waals surface area contributed by atoms with E-state index < -0.39 is 5.82 Å². The van der Waals surface area contributed by atoms with Gasteiger partial charge in [-0.1, -0.05) is 17.7 Å². The molecule has 0 unspecified atom stereocenters. The topological polar surface area (TPSA) is 64.4 Å². The van der Waals surface area contributed by atoms with Crippen molar-refractivity contribution in [2.24, 2.45) is 16.5 Å². The molecule has 0 heterocycles. The number of halogens is 3. The van der Waals surface area contributed by atoms with Crippen LogP contribution >= 0.6 is 24.0 Å². The summed E-state index contributed by atoms with van der Waals surface area (Å²) >= 11 is 5.48. The summed E-state index contributed by atoms with van der Waals surface area (Å²) in [6.45, 7) is 0.260. The third kappa shape index (κ3) is 3.81. The van der Waals surface area contributed by atoms with Gasteiger partial charge in [0.05, 0.1) is 11.6 Å². The molecule has 0 aliphatic heterocycles. The standard InChI is InChI=1S/C8H9ClFN3.ClH/c9-6-2-1-5(3-7(6)10)4-13-8(11)12;/h1-3H,4H2,(H4,11,12,13);1H. The van der Waals surface area contributed by atoms with Crippen LogP contribution in [-0.2, 0) is 6.54 Å². The van der Waals surface area contributed by atoms with E-state index in [4.69, 9.17) is 23.1 Å². The highest BCUT2D eigenvalue weighted by atomic mass is 35.5. The molecular formula is C8H10Cl2FN3. The molecule has 0 atom stereocenters. The Labute approximate surface area is 92.4 Å². The molecule has 14 heavy (non-hydrogen) atoms. The summed E-state index contributed by atoms with van der Waals surface area (Å²) in [6, 6.07) is 4.43. The number of rotatable bonds is 2. The summed E-state index contributed by atoms with van der Waals surface area (Å²) < 4.78 is 12.9. The van der Waals surface area contributed by atoms with E-state index in [0.717, 1.165) is 0 Å². The smallest absolute Gasteiger partial charge is 0.186 e. The lowest BCUT2D eigenvalue weighted by atomic mass is 10.2. The molecule has 1 aromatic carbocycles. The molecule has 0 aromatic heterocycles. The Morgan fingerprint density at radius 2 is 2.07 bits per heavy atom. The van der Waals surface area contributed by atoms with E-state index >= 15 is 0 Å². The third-order valence-corrected chi connectivity index (χ3v) is 1.73. The van der Waals surface area contributed by atoms with Crippen molar-refractivity contribution in [2.75, 3.05) is 0 Å². The zero-order chi connectivity index (χ0) is 9.84. The highest BCUT2D eigenvalue weighted by Crippen LogP contribution is 2.15. The molecule has 0 radical (unpaired) electrons. The second kappa shape index (κ2) is 5.67. The zero-order valence-corrected chi connectivity index (χ0v) is 8.78. The van der Waals surface area contributed by atoms with Crippen molar-refractivity contribution < 1.29 is 4.39 Å². The number of guanidine groups is 1. The van der Waals surface area contributed by atoms with Crippen molar-refractivity contribution in [2.45, 2.75) is 6.54 Å². The first-order valence-electron chi connectivity index (χ1n) is 3.59. The maximum atomic E-state index is 12.9. The Morgan fingerprint density at radius 1 is 1.43 bits per heavy atom. The van der Waals surface area contributed by atoms with E-state index in [1.165, 1.54) is 12.1 Å². The first-order chi connectivity index (χ1) is 6.09. The van der Waals surface area contributed by atoms with Gasteiger partial charge < -0.3 is 11.5 Å². The summed E-state index contributed by atoms with van der Waals surface area (Å²) in [5.41, 5.74) is 10.9. The minimum atomic E-state index is -0.468. The van der Waals surface area contributed by atoms with Gasteiger partial charge in [0.25, 0.3) is 0 Å². The van der Waals surface area contributed by atoms with E-state index in [-0.39, 0.29) is 29.9 Å². The quantitative estimate of drug-likeness (QED) is 0.608. The van der Waals surface area contributed by atoms with Crippen molar-refractivity contribution in [1.29, 1.82) is 0 Å². The molecule has 1 aromatic rings. The highest BCUT2D eigenvalue weighted by molar-refractivity contribution is 6.30. The fourth-order valence-electron chi connectivity index (χ4n) is 0.821. The second-order valence-electron chi connectivity index (χ2n) is 2.49. The Bertz CT molecular complexity index is 337. The van der Waals surface area contributed by atoms with E-state index in [1.807, 2.05) is 0 Å². The van der Waals surface area contributed by atoms with E-state index in [0.29, 0.717) is 5.56 Å². The average molecular weight is 238 g/mol. The van der Waals surface area contributed by atoms with Gasteiger partial charge in [-0.25, -0.2) is 9.38 Å². The fourth-order valence-corrected chi connectivity index (χ4v) is 0.938. The monoisotopic (exact) mass is 237 g/mol. The van der Waals surface area contributed by atoms with Gasteiger partial charge in [0.15, 0.2) is 5.96 Å². The lowest BCUT2D eigenvalue weighted by molar-refractivity contribution is 0.626. The minimum absolute atomic E-state index is 0. The molecule has 1 rings (SSSR count). The van der Waals surface area contributed by atoms with Gasteiger partial charge in [0, 0.05) is 0 Å². The third-order valence-electron chi connectivity index (χ3n) is 1.43. The van der Waals surface area contributed by atoms with Crippen LogP contribution in [0.3, 0.4) is 0 Å². The highest BCUT2D eigenvalue weighted by Gasteiger charge is 1.99. The van der Waals surface area contributed by atoms with E-state index in [1.54, 1.807) is 6.07 Å². The van der Waals surface area contributed by atoms with Crippen LogP contribution < -0.4 is 11.5 Å². The average Bonchev–Trinajstić information content (AvgIpc) is 2.07. The number of hydrogen-bond donors (Lipinski definition) is 2. The molecular weight excluding hydrogens is 228 g/mol. The lowest BCUT2D eigenvalue weighted by Crippen LogP contribution is -2.22.